The Morgan fingerprint density at radius 2 is 1.79 bits per heavy atom. The van der Waals surface area contributed by atoms with Crippen molar-refractivity contribution in [2.75, 3.05) is 6.54 Å². The summed E-state index contributed by atoms with van der Waals surface area (Å²) in [6.45, 7) is 5.04. The van der Waals surface area contributed by atoms with Crippen molar-refractivity contribution >= 4 is 12.1 Å². The SMILES string of the molecule is CC(C)(C)N(CC(=O)O)C(=O)OCc1ccccc1. The third-order valence-electron chi connectivity index (χ3n) is 2.53. The number of nitrogens with zero attached hydrogens (tertiary/aromatic N) is 1. The molecule has 1 aromatic rings. The number of hydrogen-bond donors (Lipinski definition) is 1. The van der Waals surface area contributed by atoms with Crippen molar-refractivity contribution in [1.82, 2.24) is 4.90 Å². The molecule has 104 valence electrons. The molecule has 0 aliphatic rings. The summed E-state index contributed by atoms with van der Waals surface area (Å²) in [5, 5.41) is 8.83. The van der Waals surface area contributed by atoms with Gasteiger partial charge in [0.1, 0.15) is 13.2 Å². The van der Waals surface area contributed by atoms with Crippen molar-refractivity contribution in [2.24, 2.45) is 0 Å². The Bertz CT molecular complexity index is 437. The minimum Gasteiger partial charge on any atom is -0.480 e. The van der Waals surface area contributed by atoms with E-state index < -0.39 is 17.6 Å². The monoisotopic (exact) mass is 265 g/mol. The minimum atomic E-state index is -1.06. The van der Waals surface area contributed by atoms with E-state index in [9.17, 15) is 9.59 Å². The molecule has 0 bridgehead atoms. The Morgan fingerprint density at radius 3 is 2.26 bits per heavy atom. The molecule has 0 aliphatic carbocycles. The van der Waals surface area contributed by atoms with Gasteiger partial charge in [0.05, 0.1) is 0 Å². The summed E-state index contributed by atoms with van der Waals surface area (Å²) in [6.07, 6.45) is -0.626. The highest BCUT2D eigenvalue weighted by Crippen LogP contribution is 2.15. The lowest BCUT2D eigenvalue weighted by Crippen LogP contribution is -2.48. The van der Waals surface area contributed by atoms with Crippen LogP contribution in [0, 0.1) is 0 Å². The molecule has 5 nitrogen and oxygen atoms in total. The van der Waals surface area contributed by atoms with Crippen LogP contribution in [0.15, 0.2) is 30.3 Å². The zero-order valence-corrected chi connectivity index (χ0v) is 11.4. The predicted octanol–water partition coefficient (Wildman–Crippen LogP) is 2.51. The minimum absolute atomic E-state index is 0.131. The van der Waals surface area contributed by atoms with Crippen LogP contribution >= 0.6 is 0 Å². The molecular formula is C14H19NO4. The maximum atomic E-state index is 11.9. The lowest BCUT2D eigenvalue weighted by molar-refractivity contribution is -0.139. The van der Waals surface area contributed by atoms with Crippen molar-refractivity contribution in [3.8, 4) is 0 Å². The first-order chi connectivity index (χ1) is 8.80. The van der Waals surface area contributed by atoms with E-state index in [1.54, 1.807) is 20.8 Å². The Balaban J connectivity index is 2.65. The van der Waals surface area contributed by atoms with E-state index in [1.807, 2.05) is 30.3 Å². The fourth-order valence-corrected chi connectivity index (χ4v) is 1.51. The van der Waals surface area contributed by atoms with Gasteiger partial charge >= 0.3 is 12.1 Å². The molecule has 0 atom stereocenters. The molecule has 0 saturated carbocycles. The van der Waals surface area contributed by atoms with Crippen LogP contribution < -0.4 is 0 Å². The lowest BCUT2D eigenvalue weighted by Gasteiger charge is -2.33. The summed E-state index contributed by atoms with van der Waals surface area (Å²) in [6, 6.07) is 9.25. The van der Waals surface area contributed by atoms with Crippen molar-refractivity contribution in [1.29, 1.82) is 0 Å². The zero-order valence-electron chi connectivity index (χ0n) is 11.4. The van der Waals surface area contributed by atoms with E-state index in [-0.39, 0.29) is 13.2 Å². The molecule has 0 aliphatic heterocycles. The number of ether oxygens (including phenoxy) is 1. The van der Waals surface area contributed by atoms with Gasteiger partial charge in [-0.2, -0.15) is 0 Å². The van der Waals surface area contributed by atoms with Gasteiger partial charge in [0.2, 0.25) is 0 Å². The van der Waals surface area contributed by atoms with Crippen molar-refractivity contribution in [3.05, 3.63) is 35.9 Å². The number of amides is 1. The van der Waals surface area contributed by atoms with Crippen molar-refractivity contribution < 1.29 is 19.4 Å². The number of carboxylic acids is 1. The van der Waals surface area contributed by atoms with E-state index in [0.717, 1.165) is 5.56 Å². The molecule has 0 unspecified atom stereocenters. The Labute approximate surface area is 112 Å². The van der Waals surface area contributed by atoms with E-state index in [4.69, 9.17) is 9.84 Å². The Kier molecular flexibility index (Phi) is 4.92. The van der Waals surface area contributed by atoms with E-state index >= 15 is 0 Å². The van der Waals surface area contributed by atoms with Gasteiger partial charge in [-0.05, 0) is 26.3 Å². The predicted molar refractivity (Wildman–Crippen MR) is 70.7 cm³/mol. The molecular weight excluding hydrogens is 246 g/mol. The summed E-state index contributed by atoms with van der Waals surface area (Å²) in [4.78, 5) is 23.9. The van der Waals surface area contributed by atoms with Crippen LogP contribution in [0.3, 0.4) is 0 Å². The highest BCUT2D eigenvalue weighted by Gasteiger charge is 2.29. The van der Waals surface area contributed by atoms with Crippen LogP contribution in [0.5, 0.6) is 0 Å². The van der Waals surface area contributed by atoms with Gasteiger partial charge in [0.15, 0.2) is 0 Å². The first-order valence-electron chi connectivity index (χ1n) is 6.01. The largest absolute Gasteiger partial charge is 0.480 e. The van der Waals surface area contributed by atoms with Gasteiger partial charge < -0.3 is 9.84 Å². The van der Waals surface area contributed by atoms with Crippen LogP contribution in [0.25, 0.3) is 0 Å². The summed E-state index contributed by atoms with van der Waals surface area (Å²) in [7, 11) is 0. The highest BCUT2D eigenvalue weighted by molar-refractivity contribution is 5.77. The molecule has 0 spiro atoms. The second-order valence-electron chi connectivity index (χ2n) is 5.19. The molecule has 0 radical (unpaired) electrons. The lowest BCUT2D eigenvalue weighted by atomic mass is 10.1. The molecule has 0 fully saturated rings. The molecule has 1 N–H and O–H groups in total. The van der Waals surface area contributed by atoms with E-state index in [0.29, 0.717) is 0 Å². The average Bonchev–Trinajstić information content (AvgIpc) is 2.33. The van der Waals surface area contributed by atoms with Crippen LogP contribution in [0.4, 0.5) is 4.79 Å². The van der Waals surface area contributed by atoms with Gasteiger partial charge in [0.25, 0.3) is 0 Å². The second kappa shape index (κ2) is 6.22. The number of rotatable bonds is 4. The topological polar surface area (TPSA) is 66.8 Å². The van der Waals surface area contributed by atoms with E-state index in [1.165, 1.54) is 4.90 Å². The summed E-state index contributed by atoms with van der Waals surface area (Å²) >= 11 is 0. The average molecular weight is 265 g/mol. The van der Waals surface area contributed by atoms with Crippen LogP contribution in [0.2, 0.25) is 0 Å². The Hall–Kier alpha value is -2.04. The third-order valence-corrected chi connectivity index (χ3v) is 2.53. The van der Waals surface area contributed by atoms with Crippen LogP contribution in [-0.4, -0.2) is 34.2 Å². The van der Waals surface area contributed by atoms with E-state index in [2.05, 4.69) is 0 Å². The number of carboxylic acid groups (broad SMARTS) is 1. The van der Waals surface area contributed by atoms with Gasteiger partial charge in [-0.15, -0.1) is 0 Å². The van der Waals surface area contributed by atoms with Gasteiger partial charge in [-0.3, -0.25) is 9.69 Å². The van der Waals surface area contributed by atoms with Crippen molar-refractivity contribution in [3.63, 3.8) is 0 Å². The maximum Gasteiger partial charge on any atom is 0.411 e. The third kappa shape index (κ3) is 4.99. The normalized spacial score (nSPS) is 10.9. The van der Waals surface area contributed by atoms with Crippen molar-refractivity contribution in [2.45, 2.75) is 32.9 Å². The summed E-state index contributed by atoms with van der Waals surface area (Å²) in [5.74, 6) is -1.06. The summed E-state index contributed by atoms with van der Waals surface area (Å²) in [5.41, 5.74) is 0.256. The number of carbonyl (C=O) groups excluding carboxylic acids is 1. The fraction of sp³-hybridized carbons (Fsp3) is 0.429. The molecule has 19 heavy (non-hydrogen) atoms. The first kappa shape index (κ1) is 15.0. The van der Waals surface area contributed by atoms with Gasteiger partial charge in [-0.25, -0.2) is 4.79 Å². The first-order valence-corrected chi connectivity index (χ1v) is 6.01. The van der Waals surface area contributed by atoms with Gasteiger partial charge in [0, 0.05) is 5.54 Å². The second-order valence-corrected chi connectivity index (χ2v) is 5.19. The van der Waals surface area contributed by atoms with Crippen LogP contribution in [-0.2, 0) is 16.1 Å². The number of benzene rings is 1. The molecule has 0 saturated heterocycles. The fourth-order valence-electron chi connectivity index (χ4n) is 1.51. The number of carbonyl (C=O) groups is 2. The molecule has 1 rings (SSSR count). The maximum absolute atomic E-state index is 11.9. The molecule has 1 amide bonds. The molecule has 0 aromatic heterocycles. The number of aliphatic carboxylic acids is 1. The zero-order chi connectivity index (χ0) is 14.5. The molecule has 5 heteroatoms. The van der Waals surface area contributed by atoms with Crippen LogP contribution in [0.1, 0.15) is 26.3 Å². The Morgan fingerprint density at radius 1 is 1.21 bits per heavy atom. The summed E-state index contributed by atoms with van der Waals surface area (Å²) < 4.78 is 5.14. The quantitative estimate of drug-likeness (QED) is 0.908. The smallest absolute Gasteiger partial charge is 0.411 e. The standard InChI is InChI=1S/C14H19NO4/c1-14(2,3)15(9-12(16)17)13(18)19-10-11-7-5-4-6-8-11/h4-8H,9-10H2,1-3H3,(H,16,17). The highest BCUT2D eigenvalue weighted by atomic mass is 16.6. The molecule has 0 heterocycles. The number of hydrogen-bond acceptors (Lipinski definition) is 3. The van der Waals surface area contributed by atoms with Gasteiger partial charge in [-0.1, -0.05) is 30.3 Å². The molecule has 1 aromatic carbocycles.